The molecule has 2 N–H and O–H groups in total. The number of rotatable bonds is 13. The Balaban J connectivity index is 0.759. The lowest BCUT2D eigenvalue weighted by Gasteiger charge is -2.46. The Labute approximate surface area is 354 Å². The molecule has 1 unspecified atom stereocenters. The summed E-state index contributed by atoms with van der Waals surface area (Å²) in [7, 11) is 1.53. The molecular weight excluding hydrogens is 781 g/mol. The summed E-state index contributed by atoms with van der Waals surface area (Å²) < 4.78 is 17.8. The normalized spacial score (nSPS) is 24.2. The van der Waals surface area contributed by atoms with Gasteiger partial charge in [-0.05, 0) is 102 Å². The van der Waals surface area contributed by atoms with E-state index >= 15 is 0 Å². The van der Waals surface area contributed by atoms with Crippen molar-refractivity contribution in [1.29, 1.82) is 5.26 Å². The maximum absolute atomic E-state index is 13.3. The number of ether oxygens (including phenoxy) is 3. The van der Waals surface area contributed by atoms with E-state index in [1.54, 1.807) is 48.8 Å². The number of nitrogens with zero attached hydrogens (tertiary/aromatic N) is 6. The van der Waals surface area contributed by atoms with E-state index in [0.29, 0.717) is 46.5 Å². The molecule has 4 fully saturated rings. The summed E-state index contributed by atoms with van der Waals surface area (Å²) in [6.07, 6.45) is 10.2. The molecule has 5 aliphatic rings. The zero-order valence-electron chi connectivity index (χ0n) is 34.8. The third kappa shape index (κ3) is 9.02. The molecule has 0 radical (unpaired) electrons. The summed E-state index contributed by atoms with van der Waals surface area (Å²) in [5, 5.41) is 14.6. The minimum absolute atomic E-state index is 0.0184. The summed E-state index contributed by atoms with van der Waals surface area (Å²) in [5.74, 6) is 0.572. The Kier molecular flexibility index (Phi) is 12.2. The quantitative estimate of drug-likeness (QED) is 0.230. The molecule has 320 valence electrons. The first kappa shape index (κ1) is 41.6. The zero-order valence-corrected chi connectivity index (χ0v) is 34.8. The molecule has 16 nitrogen and oxygen atoms in total. The van der Waals surface area contributed by atoms with E-state index in [2.05, 4.69) is 50.3 Å². The van der Waals surface area contributed by atoms with Crippen molar-refractivity contribution in [2.24, 2.45) is 5.92 Å². The number of nitrogens with one attached hydrogen (secondary N) is 2. The number of aromatic nitrogens is 2. The Bertz CT molecular complexity index is 2200. The second-order valence-electron chi connectivity index (χ2n) is 17.1. The van der Waals surface area contributed by atoms with Crippen LogP contribution in [-0.4, -0.2) is 112 Å². The van der Waals surface area contributed by atoms with Crippen LogP contribution in [-0.2, 0) is 9.59 Å². The van der Waals surface area contributed by atoms with E-state index in [1.807, 2.05) is 0 Å². The first-order chi connectivity index (χ1) is 29.5. The fourth-order valence-electron chi connectivity index (χ4n) is 9.38. The average molecular weight is 833 g/mol. The minimum atomic E-state index is -1.00. The van der Waals surface area contributed by atoms with E-state index in [0.717, 1.165) is 81.7 Å². The molecule has 3 aliphatic heterocycles. The highest BCUT2D eigenvalue weighted by molar-refractivity contribution is 6.23. The Morgan fingerprint density at radius 3 is 2.20 bits per heavy atom. The summed E-state index contributed by atoms with van der Waals surface area (Å²) in [4.78, 5) is 78.3. The van der Waals surface area contributed by atoms with Gasteiger partial charge in [-0.3, -0.25) is 39.1 Å². The van der Waals surface area contributed by atoms with Crippen LogP contribution in [0.25, 0.3) is 0 Å². The first-order valence-corrected chi connectivity index (χ1v) is 21.4. The van der Waals surface area contributed by atoms with E-state index in [1.165, 1.54) is 7.11 Å². The molecule has 0 spiro atoms. The fraction of sp³-hybridized carbons (Fsp3) is 0.511. The van der Waals surface area contributed by atoms with Crippen molar-refractivity contribution in [3.63, 3.8) is 0 Å². The van der Waals surface area contributed by atoms with Crippen molar-refractivity contribution < 1.29 is 38.2 Å². The van der Waals surface area contributed by atoms with E-state index in [4.69, 9.17) is 14.2 Å². The van der Waals surface area contributed by atoms with Crippen LogP contribution in [0, 0.1) is 17.2 Å². The summed E-state index contributed by atoms with van der Waals surface area (Å²) in [6.45, 7) is 7.18. The lowest BCUT2D eigenvalue weighted by molar-refractivity contribution is -0.136. The third-order valence-electron chi connectivity index (χ3n) is 12.7. The molecule has 2 aliphatic carbocycles. The van der Waals surface area contributed by atoms with Gasteiger partial charge in [-0.1, -0.05) is 0 Å². The second kappa shape index (κ2) is 17.9. The van der Waals surface area contributed by atoms with Gasteiger partial charge in [0.05, 0.1) is 48.4 Å². The van der Waals surface area contributed by atoms with Crippen molar-refractivity contribution >= 4 is 35.4 Å². The van der Waals surface area contributed by atoms with Crippen LogP contribution >= 0.6 is 0 Å². The van der Waals surface area contributed by atoms with Crippen LogP contribution in [0.15, 0.2) is 48.8 Å². The number of hydrogen-bond acceptors (Lipinski definition) is 13. The monoisotopic (exact) mass is 832 g/mol. The van der Waals surface area contributed by atoms with Crippen molar-refractivity contribution in [2.45, 2.75) is 114 Å². The highest BCUT2D eigenvalue weighted by Gasteiger charge is 2.45. The zero-order chi connectivity index (χ0) is 42.8. The number of nitriles is 1. The topological polar surface area (TPSA) is 196 Å². The van der Waals surface area contributed by atoms with Crippen LogP contribution in [0.5, 0.6) is 17.2 Å². The molecule has 16 heteroatoms. The molecule has 3 aromatic rings. The molecule has 61 heavy (non-hydrogen) atoms. The van der Waals surface area contributed by atoms with E-state index in [-0.39, 0.29) is 48.1 Å². The van der Waals surface area contributed by atoms with Crippen LogP contribution in [0.1, 0.15) is 115 Å². The number of methoxy groups -OCH3 is 1. The van der Waals surface area contributed by atoms with Gasteiger partial charge in [0.25, 0.3) is 17.7 Å². The predicted molar refractivity (Wildman–Crippen MR) is 221 cm³/mol. The molecule has 0 bridgehead atoms. The molecule has 5 amide bonds. The molecule has 2 saturated carbocycles. The second-order valence-corrected chi connectivity index (χ2v) is 17.1. The van der Waals surface area contributed by atoms with Crippen molar-refractivity contribution in [3.8, 4) is 23.3 Å². The number of piperidine rings is 1. The lowest BCUT2D eigenvalue weighted by Crippen LogP contribution is -2.55. The average Bonchev–Trinajstić information content (AvgIpc) is 3.49. The summed E-state index contributed by atoms with van der Waals surface area (Å²) >= 11 is 0. The van der Waals surface area contributed by atoms with Crippen LogP contribution in [0.3, 0.4) is 0 Å². The van der Waals surface area contributed by atoms with Gasteiger partial charge in [-0.2, -0.15) is 5.26 Å². The Hall–Kier alpha value is -6.08. The van der Waals surface area contributed by atoms with Crippen LogP contribution in [0.2, 0.25) is 0 Å². The van der Waals surface area contributed by atoms with Gasteiger partial charge in [-0.15, -0.1) is 0 Å². The smallest absolute Gasteiger partial charge is 0.271 e. The predicted octanol–water partition coefficient (Wildman–Crippen LogP) is 4.41. The molecular formula is C45H52N8O8. The van der Waals surface area contributed by atoms with Gasteiger partial charge < -0.3 is 24.4 Å². The molecule has 4 heterocycles. The number of fused-ring (bicyclic) bond motifs is 1. The maximum atomic E-state index is 13.3. The number of carbonyl (C=O) groups is 5. The standard InChI is InChI=1S/C45H52N8O8/c1-26(2)52(30-7-12-32(13-8-30)60-33-14-15-35-36(18-33)45(58)53(44(35)57)38-16-17-41(54)50-43(38)56)25-27-23-51(24-27)40-22-47-37(21-48-40)42(55)49-29-5-10-31(11-6-29)61-34-9-4-28(20-46)39(19-34)59-3/h4,9,14-15,18-19,21-22,26-27,29-32,38H,5-8,10-13,16-17,23-25H2,1-3H3,(H,49,55)(H,50,54,56). The van der Waals surface area contributed by atoms with Gasteiger partial charge in [0, 0.05) is 56.2 Å². The Morgan fingerprint density at radius 2 is 1.56 bits per heavy atom. The molecule has 2 saturated heterocycles. The molecule has 2 aromatic carbocycles. The summed E-state index contributed by atoms with van der Waals surface area (Å²) in [6, 6.07) is 12.0. The van der Waals surface area contributed by atoms with Crippen molar-refractivity contribution in [2.75, 3.05) is 31.6 Å². The van der Waals surface area contributed by atoms with E-state index < -0.39 is 29.7 Å². The highest BCUT2D eigenvalue weighted by Crippen LogP contribution is 2.34. The number of imide groups is 2. The largest absolute Gasteiger partial charge is 0.495 e. The van der Waals surface area contributed by atoms with Gasteiger partial charge in [0.1, 0.15) is 40.9 Å². The van der Waals surface area contributed by atoms with Crippen molar-refractivity contribution in [3.05, 3.63) is 71.2 Å². The van der Waals surface area contributed by atoms with Crippen molar-refractivity contribution in [1.82, 2.24) is 30.4 Å². The third-order valence-corrected chi connectivity index (χ3v) is 12.7. The SMILES string of the molecule is COc1cc(OC2CCC(NC(=O)c3cnc(N4CC(CN(C(C)C)C5CCC(Oc6ccc7c(c6)C(=O)N(C6CCC(=O)NC6=O)C7=O)CC5)C4)cn3)CC2)ccc1C#N. The molecule has 1 aromatic heterocycles. The van der Waals surface area contributed by atoms with Crippen LogP contribution < -0.4 is 29.7 Å². The first-order valence-electron chi connectivity index (χ1n) is 21.4. The number of hydrogen-bond donors (Lipinski definition) is 2. The molecule has 8 rings (SSSR count). The van der Waals surface area contributed by atoms with E-state index in [9.17, 15) is 29.2 Å². The summed E-state index contributed by atoms with van der Waals surface area (Å²) in [5.41, 5.74) is 1.21. The number of anilines is 1. The lowest BCUT2D eigenvalue weighted by atomic mass is 9.89. The maximum Gasteiger partial charge on any atom is 0.271 e. The minimum Gasteiger partial charge on any atom is -0.495 e. The molecule has 1 atom stereocenters. The Morgan fingerprint density at radius 1 is 0.885 bits per heavy atom. The fourth-order valence-corrected chi connectivity index (χ4v) is 9.38. The number of benzene rings is 2. The number of amides is 5. The van der Waals surface area contributed by atoms with Crippen LogP contribution in [0.4, 0.5) is 5.82 Å². The number of carbonyl (C=O) groups excluding carboxylic acids is 5. The van der Waals surface area contributed by atoms with Gasteiger partial charge in [0.2, 0.25) is 11.8 Å². The highest BCUT2D eigenvalue weighted by atomic mass is 16.5. The van der Waals surface area contributed by atoms with Gasteiger partial charge >= 0.3 is 0 Å². The van der Waals surface area contributed by atoms with Gasteiger partial charge in [-0.25, -0.2) is 9.97 Å². The van der Waals surface area contributed by atoms with Gasteiger partial charge in [0.15, 0.2) is 0 Å².